The zero-order valence-electron chi connectivity index (χ0n) is 13.4. The summed E-state index contributed by atoms with van der Waals surface area (Å²) in [5.74, 6) is 1.31. The van der Waals surface area contributed by atoms with Gasteiger partial charge in [0.25, 0.3) is 5.91 Å². The Labute approximate surface area is 143 Å². The van der Waals surface area contributed by atoms with Crippen LogP contribution < -0.4 is 14.8 Å². The molecule has 7 heteroatoms. The number of nitrogens with one attached hydrogen (secondary N) is 1. The van der Waals surface area contributed by atoms with Crippen LogP contribution in [0.25, 0.3) is 11.5 Å². The van der Waals surface area contributed by atoms with Crippen LogP contribution in [0.2, 0.25) is 0 Å². The van der Waals surface area contributed by atoms with Gasteiger partial charge in [-0.25, -0.2) is 0 Å². The highest BCUT2D eigenvalue weighted by Gasteiger charge is 2.27. The molecule has 4 rings (SSSR count). The summed E-state index contributed by atoms with van der Waals surface area (Å²) in [4.78, 5) is 12.6. The van der Waals surface area contributed by atoms with Gasteiger partial charge in [-0.05, 0) is 36.8 Å². The van der Waals surface area contributed by atoms with E-state index >= 15 is 0 Å². The van der Waals surface area contributed by atoms with Gasteiger partial charge < -0.3 is 19.2 Å². The Kier molecular flexibility index (Phi) is 3.81. The van der Waals surface area contributed by atoms with Crippen molar-refractivity contribution < 1.29 is 18.7 Å². The van der Waals surface area contributed by atoms with E-state index in [9.17, 15) is 4.79 Å². The highest BCUT2D eigenvalue weighted by atomic mass is 16.6. The number of aryl methyl sites for hydroxylation is 1. The van der Waals surface area contributed by atoms with Gasteiger partial charge in [-0.3, -0.25) is 4.79 Å². The number of rotatable bonds is 3. The molecular formula is C18H15N3O4. The van der Waals surface area contributed by atoms with E-state index in [2.05, 4.69) is 15.5 Å². The first-order chi connectivity index (χ1) is 12.2. The third-order valence-electron chi connectivity index (χ3n) is 3.90. The fourth-order valence-corrected chi connectivity index (χ4v) is 2.55. The molecule has 0 saturated carbocycles. The predicted molar refractivity (Wildman–Crippen MR) is 89.5 cm³/mol. The van der Waals surface area contributed by atoms with Crippen molar-refractivity contribution in [2.75, 3.05) is 11.9 Å². The van der Waals surface area contributed by atoms with E-state index in [1.165, 1.54) is 6.39 Å². The third kappa shape index (κ3) is 3.03. The van der Waals surface area contributed by atoms with E-state index in [-0.39, 0.29) is 12.5 Å². The molecule has 1 aliphatic heterocycles. The summed E-state index contributed by atoms with van der Waals surface area (Å²) in [6, 6.07) is 12.8. The summed E-state index contributed by atoms with van der Waals surface area (Å²) in [6.45, 7) is 2.06. The number of fused-ring (bicyclic) bond motifs is 1. The average Bonchev–Trinajstić information content (AvgIpc) is 3.18. The van der Waals surface area contributed by atoms with E-state index in [4.69, 9.17) is 13.9 Å². The smallest absolute Gasteiger partial charge is 0.269 e. The molecule has 2 aromatic carbocycles. The minimum atomic E-state index is -0.721. The van der Waals surface area contributed by atoms with E-state index in [1.807, 2.05) is 37.3 Å². The molecule has 2 heterocycles. The Morgan fingerprint density at radius 1 is 1.20 bits per heavy atom. The summed E-state index contributed by atoms with van der Waals surface area (Å²) >= 11 is 0. The van der Waals surface area contributed by atoms with Crippen LogP contribution in [0, 0.1) is 6.92 Å². The average molecular weight is 337 g/mol. The van der Waals surface area contributed by atoms with Crippen LogP contribution in [0.1, 0.15) is 5.56 Å². The van der Waals surface area contributed by atoms with Gasteiger partial charge in [0.1, 0.15) is 6.61 Å². The maximum atomic E-state index is 12.6. The molecule has 0 fully saturated rings. The Morgan fingerprint density at radius 3 is 2.84 bits per heavy atom. The maximum Gasteiger partial charge on any atom is 0.269 e. The highest BCUT2D eigenvalue weighted by Crippen LogP contribution is 2.31. The molecule has 1 aromatic heterocycles. The minimum Gasteiger partial charge on any atom is -0.485 e. The van der Waals surface area contributed by atoms with Gasteiger partial charge in [-0.2, -0.15) is 0 Å². The molecular weight excluding hydrogens is 322 g/mol. The molecule has 1 amide bonds. The second-order valence-corrected chi connectivity index (χ2v) is 5.63. The first kappa shape index (κ1) is 15.2. The number of carbonyl (C=O) groups excluding carboxylic acids is 1. The summed E-state index contributed by atoms with van der Waals surface area (Å²) in [6.07, 6.45) is 0.541. The predicted octanol–water partition coefficient (Wildman–Crippen LogP) is 2.82. The number of carbonyl (C=O) groups is 1. The number of anilines is 1. The van der Waals surface area contributed by atoms with Gasteiger partial charge in [0.15, 0.2) is 11.5 Å². The lowest BCUT2D eigenvalue weighted by atomic mass is 10.1. The number of benzene rings is 2. The first-order valence-corrected chi connectivity index (χ1v) is 7.77. The van der Waals surface area contributed by atoms with E-state index in [0.717, 1.165) is 11.1 Å². The van der Waals surface area contributed by atoms with Gasteiger partial charge >= 0.3 is 0 Å². The second-order valence-electron chi connectivity index (χ2n) is 5.63. The zero-order valence-corrected chi connectivity index (χ0v) is 13.4. The van der Waals surface area contributed by atoms with E-state index < -0.39 is 6.10 Å². The van der Waals surface area contributed by atoms with Crippen LogP contribution in [-0.2, 0) is 4.79 Å². The van der Waals surface area contributed by atoms with E-state index in [0.29, 0.717) is 23.1 Å². The normalized spacial score (nSPS) is 15.6. The molecule has 126 valence electrons. The molecule has 3 aromatic rings. The standard InChI is InChI=1S/C18H15N3O4/c1-11-6-7-12(18-21-19-10-24-18)8-13(11)20-17(22)16-9-23-14-4-2-3-5-15(14)25-16/h2-8,10,16H,9H2,1H3,(H,20,22)/t16-/m1/s1. The summed E-state index contributed by atoms with van der Waals surface area (Å²) in [5, 5.41) is 10.4. The number of amides is 1. The van der Waals surface area contributed by atoms with Crippen molar-refractivity contribution in [1.82, 2.24) is 10.2 Å². The van der Waals surface area contributed by atoms with Gasteiger partial charge in [-0.1, -0.05) is 18.2 Å². The van der Waals surface area contributed by atoms with Crippen LogP contribution in [0.15, 0.2) is 53.3 Å². The summed E-state index contributed by atoms with van der Waals surface area (Å²) in [7, 11) is 0. The van der Waals surface area contributed by atoms with Gasteiger partial charge in [0.2, 0.25) is 18.4 Å². The zero-order chi connectivity index (χ0) is 17.2. The lowest BCUT2D eigenvalue weighted by Gasteiger charge is -2.25. The van der Waals surface area contributed by atoms with Crippen LogP contribution in [-0.4, -0.2) is 28.8 Å². The molecule has 1 aliphatic rings. The van der Waals surface area contributed by atoms with E-state index in [1.54, 1.807) is 12.1 Å². The van der Waals surface area contributed by atoms with Crippen molar-refractivity contribution in [1.29, 1.82) is 0 Å². The Morgan fingerprint density at radius 2 is 2.04 bits per heavy atom. The van der Waals surface area contributed by atoms with Gasteiger partial charge in [-0.15, -0.1) is 10.2 Å². The van der Waals surface area contributed by atoms with Crippen molar-refractivity contribution in [3.8, 4) is 23.0 Å². The molecule has 25 heavy (non-hydrogen) atoms. The van der Waals surface area contributed by atoms with Crippen LogP contribution >= 0.6 is 0 Å². The Hall–Kier alpha value is -3.35. The Bertz CT molecular complexity index is 908. The molecule has 0 aliphatic carbocycles. The minimum absolute atomic E-state index is 0.158. The number of hydrogen-bond donors (Lipinski definition) is 1. The lowest BCUT2D eigenvalue weighted by Crippen LogP contribution is -2.40. The van der Waals surface area contributed by atoms with Crippen molar-refractivity contribution >= 4 is 11.6 Å². The fraction of sp³-hybridized carbons (Fsp3) is 0.167. The second kappa shape index (κ2) is 6.27. The molecule has 0 spiro atoms. The number of hydrogen-bond acceptors (Lipinski definition) is 6. The SMILES string of the molecule is Cc1ccc(-c2nnco2)cc1NC(=O)[C@H]1COc2ccccc2O1. The molecule has 0 radical (unpaired) electrons. The molecule has 1 N–H and O–H groups in total. The van der Waals surface area contributed by atoms with Gasteiger partial charge in [0, 0.05) is 11.3 Å². The molecule has 7 nitrogen and oxygen atoms in total. The number of para-hydroxylation sites is 2. The van der Waals surface area contributed by atoms with Crippen molar-refractivity contribution in [3.63, 3.8) is 0 Å². The monoisotopic (exact) mass is 337 g/mol. The largest absolute Gasteiger partial charge is 0.485 e. The van der Waals surface area contributed by atoms with Crippen LogP contribution in [0.3, 0.4) is 0 Å². The van der Waals surface area contributed by atoms with Crippen molar-refractivity contribution in [2.24, 2.45) is 0 Å². The summed E-state index contributed by atoms with van der Waals surface area (Å²) < 4.78 is 16.5. The third-order valence-corrected chi connectivity index (χ3v) is 3.90. The molecule has 1 atom stereocenters. The number of ether oxygens (including phenoxy) is 2. The fourth-order valence-electron chi connectivity index (χ4n) is 2.55. The highest BCUT2D eigenvalue weighted by molar-refractivity contribution is 5.95. The van der Waals surface area contributed by atoms with Crippen molar-refractivity contribution in [3.05, 3.63) is 54.4 Å². The number of aromatic nitrogens is 2. The quantitative estimate of drug-likeness (QED) is 0.791. The van der Waals surface area contributed by atoms with Crippen molar-refractivity contribution in [2.45, 2.75) is 13.0 Å². The maximum absolute atomic E-state index is 12.6. The molecule has 0 bridgehead atoms. The summed E-state index contributed by atoms with van der Waals surface area (Å²) in [5.41, 5.74) is 2.29. The lowest BCUT2D eigenvalue weighted by molar-refractivity contribution is -0.125. The van der Waals surface area contributed by atoms with Gasteiger partial charge in [0.05, 0.1) is 0 Å². The number of nitrogens with zero attached hydrogens (tertiary/aromatic N) is 2. The van der Waals surface area contributed by atoms with Crippen LogP contribution in [0.4, 0.5) is 5.69 Å². The molecule has 0 unspecified atom stereocenters. The van der Waals surface area contributed by atoms with Crippen LogP contribution in [0.5, 0.6) is 11.5 Å². The Balaban J connectivity index is 1.52. The molecule has 0 saturated heterocycles. The first-order valence-electron chi connectivity index (χ1n) is 7.77. The topological polar surface area (TPSA) is 86.5 Å².